The van der Waals surface area contributed by atoms with E-state index in [1.54, 1.807) is 0 Å². The summed E-state index contributed by atoms with van der Waals surface area (Å²) in [6.07, 6.45) is -9.91. The quantitative estimate of drug-likeness (QED) is 0.0621. The molecule has 1 radical (unpaired) electrons. The maximum atomic E-state index is 15.9. The van der Waals surface area contributed by atoms with E-state index in [0.29, 0.717) is 51.3 Å². The summed E-state index contributed by atoms with van der Waals surface area (Å²) < 4.78 is 101. The number of pyridine rings is 1. The number of allylic oxidation sites excluding steroid dienone is 2. The molecule has 0 unspecified atom stereocenters. The molecule has 0 aliphatic heterocycles. The number of alkyl halides is 7. The Labute approximate surface area is 411 Å². The third-order valence-electron chi connectivity index (χ3n) is 12.3. The van der Waals surface area contributed by atoms with Gasteiger partial charge in [-0.1, -0.05) is 138 Å². The number of carbonyl (C=O) groups is 1. The smallest absolute Gasteiger partial charge is 0.436 e. The Kier molecular flexibility index (Phi) is 18.2. The van der Waals surface area contributed by atoms with Gasteiger partial charge in [-0.15, -0.1) is 40.5 Å². The first-order chi connectivity index (χ1) is 30.0. The molecule has 5 aromatic rings. The van der Waals surface area contributed by atoms with E-state index >= 15 is 4.39 Å². The summed E-state index contributed by atoms with van der Waals surface area (Å²) in [4.78, 5) is 17.0. The molecule has 0 spiro atoms. The van der Waals surface area contributed by atoms with Crippen molar-refractivity contribution < 1.29 is 60.7 Å². The van der Waals surface area contributed by atoms with Gasteiger partial charge < -0.3 is 5.11 Å². The number of hydrogen-bond donors (Lipinski definition) is 1. The van der Waals surface area contributed by atoms with Crippen molar-refractivity contribution in [2.45, 2.75) is 148 Å². The number of halogens is 7. The van der Waals surface area contributed by atoms with E-state index in [1.807, 2.05) is 77.1 Å². The predicted octanol–water partition coefficient (Wildman–Crippen LogP) is 17.5. The van der Waals surface area contributed by atoms with Crippen molar-refractivity contribution in [3.05, 3.63) is 99.9 Å². The number of thiophene rings is 1. The summed E-state index contributed by atoms with van der Waals surface area (Å²) in [7, 11) is 0. The van der Waals surface area contributed by atoms with Gasteiger partial charge in [0.15, 0.2) is 5.78 Å². The third kappa shape index (κ3) is 12.4. The number of aryl methyl sites for hydroxylation is 3. The number of rotatable bonds is 11. The van der Waals surface area contributed by atoms with Crippen LogP contribution in [0.25, 0.3) is 42.6 Å². The Morgan fingerprint density at radius 3 is 1.69 bits per heavy atom. The van der Waals surface area contributed by atoms with Crippen LogP contribution in [0.2, 0.25) is 0 Å². The Bertz CT molecular complexity index is 2520. The maximum Gasteiger partial charge on any atom is 0.436 e. The van der Waals surface area contributed by atoms with Gasteiger partial charge in [0.05, 0.1) is 5.76 Å². The van der Waals surface area contributed by atoms with Crippen molar-refractivity contribution in [2.24, 2.45) is 40.9 Å². The molecule has 12 heteroatoms. The van der Waals surface area contributed by atoms with Gasteiger partial charge in [0.25, 0.3) is 0 Å². The number of aliphatic hydroxyl groups excluding tert-OH is 1. The Hall–Kier alpha value is -3.60. The number of hydrogen-bond acceptors (Lipinski definition) is 4. The normalized spacial score (nSPS) is 13.4. The van der Waals surface area contributed by atoms with Crippen molar-refractivity contribution >= 4 is 38.0 Å². The number of ketones is 1. The summed E-state index contributed by atoms with van der Waals surface area (Å²) in [6.45, 7) is 34.2. The van der Waals surface area contributed by atoms with Crippen LogP contribution >= 0.6 is 11.3 Å². The molecule has 371 valence electrons. The van der Waals surface area contributed by atoms with Crippen molar-refractivity contribution in [1.82, 2.24) is 4.98 Å². The van der Waals surface area contributed by atoms with Crippen LogP contribution in [-0.4, -0.2) is 28.2 Å². The molecule has 2 aromatic heterocycles. The van der Waals surface area contributed by atoms with E-state index < -0.39 is 29.0 Å². The van der Waals surface area contributed by atoms with Crippen LogP contribution in [-0.2, 0) is 42.4 Å². The summed E-state index contributed by atoms with van der Waals surface area (Å²) in [5, 5.41) is 11.5. The molecule has 0 saturated heterocycles. The van der Waals surface area contributed by atoms with Crippen molar-refractivity contribution in [3.63, 3.8) is 0 Å². The molecule has 0 bridgehead atoms. The number of nitrogens with zero attached hydrogens (tertiary/aromatic N) is 1. The molecule has 1 N–H and O–H groups in total. The molecule has 67 heavy (non-hydrogen) atoms. The van der Waals surface area contributed by atoms with E-state index in [-0.39, 0.29) is 70.3 Å². The van der Waals surface area contributed by atoms with Gasteiger partial charge in [-0.05, 0) is 94.9 Å². The number of carbonyl (C=O) groups excluding carboxylic acids is 1. The summed E-state index contributed by atoms with van der Waals surface area (Å²) in [5.41, 5.74) is -2.61. The number of aliphatic hydroxyl groups is 1. The Morgan fingerprint density at radius 2 is 1.24 bits per heavy atom. The standard InChI is InChI=1S/C38H37F7NS.C17H32O2.Ir/c1-20-14-23(18-34(4,5)6)15-21(2)29(20)32-22(3)30-28(36(39,37(40,41)42)38(43,44)45)19-46-31(33(30)47-32)25-16-24-12-10-11-13-26(24)27(17-25)35(7,8)9;1-10(2)16(11(3)4)14(18)9-15(19)17(12(5)6)13(7)8;/h10-15,17,19H,18H2,1-9H3;9-13,16-18H,1-8H3;/q-1;;/b;14-9-;. The average molecular weight is 1130 g/mol. The molecule has 2 heterocycles. The van der Waals surface area contributed by atoms with Gasteiger partial charge in [0, 0.05) is 65.0 Å². The molecular formula is C55H69F7IrNO2S-. The van der Waals surface area contributed by atoms with Gasteiger partial charge in [-0.3, -0.25) is 9.78 Å². The Balaban J connectivity index is 0.000000505. The fourth-order valence-corrected chi connectivity index (χ4v) is 11.2. The third-order valence-corrected chi connectivity index (χ3v) is 13.6. The van der Waals surface area contributed by atoms with Crippen LogP contribution in [0.15, 0.2) is 60.5 Å². The zero-order valence-corrected chi connectivity index (χ0v) is 45.3. The van der Waals surface area contributed by atoms with Crippen LogP contribution < -0.4 is 0 Å². The first kappa shape index (κ1) is 57.7. The predicted molar refractivity (Wildman–Crippen MR) is 260 cm³/mol. The van der Waals surface area contributed by atoms with Crippen molar-refractivity contribution in [1.29, 1.82) is 0 Å². The fourth-order valence-electron chi connectivity index (χ4n) is 9.74. The molecule has 0 fully saturated rings. The molecule has 0 aliphatic rings. The monoisotopic (exact) mass is 1130 g/mol. The number of benzene rings is 3. The topological polar surface area (TPSA) is 50.2 Å². The van der Waals surface area contributed by atoms with E-state index in [4.69, 9.17) is 0 Å². The minimum absolute atomic E-state index is 0. The number of aromatic nitrogens is 1. The first-order valence-corrected chi connectivity index (χ1v) is 23.6. The minimum Gasteiger partial charge on any atom is -0.512 e. The second-order valence-corrected chi connectivity index (χ2v) is 22.7. The van der Waals surface area contributed by atoms with E-state index in [0.717, 1.165) is 45.4 Å². The second kappa shape index (κ2) is 21.2. The largest absolute Gasteiger partial charge is 0.512 e. The van der Waals surface area contributed by atoms with Gasteiger partial charge in [0.2, 0.25) is 0 Å². The summed E-state index contributed by atoms with van der Waals surface area (Å²) in [6, 6.07) is 16.6. The first-order valence-electron chi connectivity index (χ1n) is 22.8. The zero-order chi connectivity index (χ0) is 50.4. The van der Waals surface area contributed by atoms with Gasteiger partial charge in [-0.25, -0.2) is 4.39 Å². The van der Waals surface area contributed by atoms with Gasteiger partial charge in [0.1, 0.15) is 0 Å². The van der Waals surface area contributed by atoms with E-state index in [2.05, 4.69) is 87.2 Å². The van der Waals surface area contributed by atoms with E-state index in [9.17, 15) is 36.2 Å². The van der Waals surface area contributed by atoms with Crippen LogP contribution in [0, 0.1) is 67.8 Å². The van der Waals surface area contributed by atoms with Crippen molar-refractivity contribution in [3.8, 4) is 21.7 Å². The average Bonchev–Trinajstić information content (AvgIpc) is 3.47. The molecule has 0 saturated carbocycles. The molecule has 0 amide bonds. The second-order valence-electron chi connectivity index (χ2n) is 21.7. The molecule has 0 atom stereocenters. The SMILES string of the molecule is CC(C)C(C(=O)/C=C(\O)C(C(C)C)C(C)C)C(C)C.Cc1cc(CC(C)(C)C)cc(C)c1-c1sc2c(-c3[c-]c4ccccc4c(C(C)(C)C)c3)ncc(C(F)(C(F)(F)F)C(F)(F)F)c2c1C.[Ir]. The van der Waals surface area contributed by atoms with Crippen LogP contribution in [0.5, 0.6) is 0 Å². The minimum atomic E-state index is -6.29. The summed E-state index contributed by atoms with van der Waals surface area (Å²) >= 11 is 1.03. The molecular weight excluding hydrogens is 1060 g/mol. The van der Waals surface area contributed by atoms with Crippen molar-refractivity contribution in [2.75, 3.05) is 0 Å². The zero-order valence-electron chi connectivity index (χ0n) is 42.1. The molecule has 0 aliphatic carbocycles. The molecule has 3 nitrogen and oxygen atoms in total. The fraction of sp³-hybridized carbons (Fsp3) is 0.527. The summed E-state index contributed by atoms with van der Waals surface area (Å²) in [5.74, 6) is 1.63. The Morgan fingerprint density at radius 1 is 0.746 bits per heavy atom. The molecule has 3 aromatic carbocycles. The van der Waals surface area contributed by atoms with Crippen LogP contribution in [0.3, 0.4) is 0 Å². The van der Waals surface area contributed by atoms with Gasteiger partial charge in [-0.2, -0.15) is 26.3 Å². The number of fused-ring (bicyclic) bond motifs is 2. The molecule has 5 rings (SSSR count). The van der Waals surface area contributed by atoms with Gasteiger partial charge >= 0.3 is 18.0 Å². The van der Waals surface area contributed by atoms with Crippen LogP contribution in [0.1, 0.15) is 130 Å². The van der Waals surface area contributed by atoms with E-state index in [1.165, 1.54) is 13.0 Å². The maximum absolute atomic E-state index is 15.9. The van der Waals surface area contributed by atoms with Crippen LogP contribution in [0.4, 0.5) is 30.7 Å².